The van der Waals surface area contributed by atoms with E-state index in [1.807, 2.05) is 24.3 Å². The molecule has 3 aliphatic rings. The second kappa shape index (κ2) is 9.20. The van der Waals surface area contributed by atoms with Gasteiger partial charge in [0, 0.05) is 55.5 Å². The minimum atomic E-state index is -3.83. The quantitative estimate of drug-likeness (QED) is 0.694. The van der Waals surface area contributed by atoms with E-state index in [-0.39, 0.29) is 16.7 Å². The lowest BCUT2D eigenvalue weighted by Crippen LogP contribution is -2.54. The van der Waals surface area contributed by atoms with Crippen molar-refractivity contribution in [2.75, 3.05) is 42.9 Å². The van der Waals surface area contributed by atoms with Gasteiger partial charge in [-0.2, -0.15) is 4.31 Å². The van der Waals surface area contributed by atoms with Crippen LogP contribution in [0.2, 0.25) is 5.02 Å². The fourth-order valence-electron chi connectivity index (χ4n) is 4.98. The van der Waals surface area contributed by atoms with Gasteiger partial charge in [0.05, 0.1) is 4.90 Å². The number of nitrogens with one attached hydrogen (secondary N) is 1. The average molecular weight is 503 g/mol. The van der Waals surface area contributed by atoms with Crippen molar-refractivity contribution >= 4 is 44.8 Å². The summed E-state index contributed by atoms with van der Waals surface area (Å²) < 4.78 is 28.4. The summed E-state index contributed by atoms with van der Waals surface area (Å²) in [5.41, 5.74) is 2.52. The summed E-state index contributed by atoms with van der Waals surface area (Å²) in [5.74, 6) is -0.188. The number of sulfonamides is 1. The van der Waals surface area contributed by atoms with Crippen LogP contribution in [0, 0.1) is 0 Å². The second-order valence-corrected chi connectivity index (χ2v) is 11.3. The van der Waals surface area contributed by atoms with Crippen LogP contribution in [-0.2, 0) is 26.0 Å². The van der Waals surface area contributed by atoms with Crippen LogP contribution in [0.25, 0.3) is 0 Å². The third kappa shape index (κ3) is 4.39. The lowest BCUT2D eigenvalue weighted by molar-refractivity contribution is -0.134. The van der Waals surface area contributed by atoms with Crippen LogP contribution in [0.5, 0.6) is 0 Å². The SMILES string of the molecule is O=C1CCc2cc(S(=O)(=O)N3CCC[C@@H]3C(=O)N3CCN(c4ccc(Cl)cc4)CC3)ccc2N1. The van der Waals surface area contributed by atoms with Crippen LogP contribution in [0.4, 0.5) is 11.4 Å². The van der Waals surface area contributed by atoms with E-state index in [1.54, 1.807) is 17.0 Å². The molecule has 3 aliphatic heterocycles. The number of nitrogens with zero attached hydrogens (tertiary/aromatic N) is 3. The number of piperazine rings is 1. The van der Waals surface area contributed by atoms with Gasteiger partial charge in [0.25, 0.3) is 0 Å². The Balaban J connectivity index is 1.28. The molecule has 0 spiro atoms. The molecule has 34 heavy (non-hydrogen) atoms. The van der Waals surface area contributed by atoms with Crippen molar-refractivity contribution in [3.05, 3.63) is 53.1 Å². The summed E-state index contributed by atoms with van der Waals surface area (Å²) >= 11 is 5.98. The Bertz CT molecular complexity index is 1210. The second-order valence-electron chi connectivity index (χ2n) is 8.93. The van der Waals surface area contributed by atoms with Gasteiger partial charge >= 0.3 is 0 Å². The van der Waals surface area contributed by atoms with Crippen molar-refractivity contribution in [1.29, 1.82) is 0 Å². The molecule has 0 unspecified atom stereocenters. The molecule has 1 atom stereocenters. The van der Waals surface area contributed by atoms with E-state index in [2.05, 4.69) is 10.2 Å². The van der Waals surface area contributed by atoms with Gasteiger partial charge in [-0.05, 0) is 67.3 Å². The highest BCUT2D eigenvalue weighted by Crippen LogP contribution is 2.31. The molecule has 180 valence electrons. The van der Waals surface area contributed by atoms with Crippen molar-refractivity contribution in [2.24, 2.45) is 0 Å². The Labute approximate surface area is 204 Å². The molecule has 2 aromatic rings. The van der Waals surface area contributed by atoms with Gasteiger partial charge in [-0.15, -0.1) is 0 Å². The van der Waals surface area contributed by atoms with Crippen LogP contribution >= 0.6 is 11.6 Å². The van der Waals surface area contributed by atoms with Crippen LogP contribution in [0.15, 0.2) is 47.4 Å². The summed E-state index contributed by atoms with van der Waals surface area (Å²) in [5, 5.41) is 3.46. The zero-order valence-corrected chi connectivity index (χ0v) is 20.3. The number of aryl methyl sites for hydroxylation is 1. The van der Waals surface area contributed by atoms with Crippen molar-refractivity contribution in [3.8, 4) is 0 Å². The van der Waals surface area contributed by atoms with Gasteiger partial charge < -0.3 is 15.1 Å². The molecule has 2 saturated heterocycles. The fourth-order valence-corrected chi connectivity index (χ4v) is 6.81. The highest BCUT2D eigenvalue weighted by atomic mass is 35.5. The van der Waals surface area contributed by atoms with Gasteiger partial charge in [0.15, 0.2) is 0 Å². The highest BCUT2D eigenvalue weighted by Gasteiger charge is 2.42. The van der Waals surface area contributed by atoms with E-state index in [0.717, 1.165) is 11.3 Å². The van der Waals surface area contributed by atoms with Crippen LogP contribution in [-0.4, -0.2) is 68.2 Å². The van der Waals surface area contributed by atoms with Gasteiger partial charge in [0.2, 0.25) is 21.8 Å². The van der Waals surface area contributed by atoms with E-state index in [1.165, 1.54) is 10.4 Å². The topological polar surface area (TPSA) is 90.0 Å². The molecule has 1 N–H and O–H groups in total. The first-order valence-electron chi connectivity index (χ1n) is 11.6. The molecular weight excluding hydrogens is 476 g/mol. The van der Waals surface area contributed by atoms with E-state index in [4.69, 9.17) is 11.6 Å². The molecule has 5 rings (SSSR count). The Hall–Kier alpha value is -2.62. The molecule has 2 fully saturated rings. The third-order valence-electron chi connectivity index (χ3n) is 6.85. The molecule has 2 amide bonds. The van der Waals surface area contributed by atoms with Gasteiger partial charge in [-0.3, -0.25) is 9.59 Å². The molecule has 3 heterocycles. The van der Waals surface area contributed by atoms with E-state index < -0.39 is 16.1 Å². The average Bonchev–Trinajstić information content (AvgIpc) is 3.35. The minimum Gasteiger partial charge on any atom is -0.368 e. The Morgan fingerprint density at radius 2 is 1.71 bits per heavy atom. The minimum absolute atomic E-state index is 0.0653. The Kier molecular flexibility index (Phi) is 6.26. The number of fused-ring (bicyclic) bond motifs is 1. The molecular formula is C24H27ClN4O4S. The summed E-state index contributed by atoms with van der Waals surface area (Å²) in [6.45, 7) is 2.79. The molecule has 8 nitrogen and oxygen atoms in total. The van der Waals surface area contributed by atoms with Crippen LogP contribution < -0.4 is 10.2 Å². The summed E-state index contributed by atoms with van der Waals surface area (Å²) in [6, 6.07) is 11.8. The number of amides is 2. The molecule has 0 saturated carbocycles. The molecule has 2 aromatic carbocycles. The van der Waals surface area contributed by atoms with Crippen molar-refractivity contribution in [3.63, 3.8) is 0 Å². The van der Waals surface area contributed by atoms with Gasteiger partial charge in [0.1, 0.15) is 6.04 Å². The number of rotatable bonds is 4. The number of benzene rings is 2. The third-order valence-corrected chi connectivity index (χ3v) is 9.01. The van der Waals surface area contributed by atoms with Crippen molar-refractivity contribution in [2.45, 2.75) is 36.6 Å². The number of halogens is 1. The molecule has 0 aromatic heterocycles. The number of carbonyl (C=O) groups excluding carboxylic acids is 2. The van der Waals surface area contributed by atoms with Crippen molar-refractivity contribution < 1.29 is 18.0 Å². The lowest BCUT2D eigenvalue weighted by atomic mass is 10.0. The number of carbonyl (C=O) groups is 2. The maximum atomic E-state index is 13.5. The zero-order chi connectivity index (χ0) is 23.9. The number of hydrogen-bond donors (Lipinski definition) is 1. The maximum absolute atomic E-state index is 13.5. The zero-order valence-electron chi connectivity index (χ0n) is 18.7. The summed E-state index contributed by atoms with van der Waals surface area (Å²) in [6.07, 6.45) is 2.02. The first-order chi connectivity index (χ1) is 16.3. The van der Waals surface area contributed by atoms with E-state index in [9.17, 15) is 18.0 Å². The largest absolute Gasteiger partial charge is 0.368 e. The summed E-state index contributed by atoms with van der Waals surface area (Å²) in [7, 11) is -3.83. The Morgan fingerprint density at radius 1 is 0.971 bits per heavy atom. The maximum Gasteiger partial charge on any atom is 0.243 e. The first-order valence-corrected chi connectivity index (χ1v) is 13.4. The molecule has 0 bridgehead atoms. The first kappa shape index (κ1) is 23.1. The van der Waals surface area contributed by atoms with Crippen molar-refractivity contribution in [1.82, 2.24) is 9.21 Å². The molecule has 0 aliphatic carbocycles. The Morgan fingerprint density at radius 3 is 2.44 bits per heavy atom. The molecule has 0 radical (unpaired) electrons. The number of anilines is 2. The van der Waals surface area contributed by atoms with E-state index >= 15 is 0 Å². The predicted octanol–water partition coefficient (Wildman–Crippen LogP) is 2.73. The highest BCUT2D eigenvalue weighted by molar-refractivity contribution is 7.89. The smallest absolute Gasteiger partial charge is 0.243 e. The number of hydrogen-bond acceptors (Lipinski definition) is 5. The predicted molar refractivity (Wildman–Crippen MR) is 131 cm³/mol. The van der Waals surface area contributed by atoms with Gasteiger partial charge in [-0.25, -0.2) is 8.42 Å². The van der Waals surface area contributed by atoms with Gasteiger partial charge in [-0.1, -0.05) is 11.6 Å². The van der Waals surface area contributed by atoms with E-state index in [0.29, 0.717) is 69.1 Å². The van der Waals surface area contributed by atoms with Crippen LogP contribution in [0.1, 0.15) is 24.8 Å². The monoisotopic (exact) mass is 502 g/mol. The van der Waals surface area contributed by atoms with Crippen LogP contribution in [0.3, 0.4) is 0 Å². The fraction of sp³-hybridized carbons (Fsp3) is 0.417. The summed E-state index contributed by atoms with van der Waals surface area (Å²) in [4.78, 5) is 29.2. The standard InChI is InChI=1S/C24H27ClN4O4S/c25-18-4-6-19(7-5-18)27-12-14-28(15-13-27)24(31)22-2-1-11-29(22)34(32,33)20-8-9-21-17(16-20)3-10-23(30)26-21/h4-9,16,22H,1-3,10-15H2,(H,26,30)/t22-/m1/s1. The normalized spacial score (nSPS) is 21.3. The molecule has 10 heteroatoms. The lowest BCUT2D eigenvalue weighted by Gasteiger charge is -2.38.